The van der Waals surface area contributed by atoms with Crippen LogP contribution in [-0.4, -0.2) is 38.1 Å². The molecule has 0 radical (unpaired) electrons. The number of nitrogens with one attached hydrogen (secondary N) is 1. The second kappa shape index (κ2) is 4.98. The molecule has 1 heterocycles. The van der Waals surface area contributed by atoms with Gasteiger partial charge in [-0.3, -0.25) is 0 Å². The van der Waals surface area contributed by atoms with Crippen LogP contribution in [0, 0.1) is 13.8 Å². The molecule has 0 amide bonds. The second-order valence-corrected chi connectivity index (χ2v) is 5.02. The van der Waals surface area contributed by atoms with Crippen LogP contribution in [0.15, 0.2) is 18.2 Å². The highest BCUT2D eigenvalue weighted by atomic mass is 15.1. The van der Waals surface area contributed by atoms with E-state index >= 15 is 0 Å². The molecule has 2 heteroatoms. The van der Waals surface area contributed by atoms with Gasteiger partial charge in [0.15, 0.2) is 0 Å². The van der Waals surface area contributed by atoms with E-state index in [0.29, 0.717) is 5.92 Å². The first-order valence-corrected chi connectivity index (χ1v) is 6.13. The Labute approximate surface area is 98.7 Å². The van der Waals surface area contributed by atoms with Gasteiger partial charge in [0.2, 0.25) is 0 Å². The summed E-state index contributed by atoms with van der Waals surface area (Å²) in [4.78, 5) is 2.42. The monoisotopic (exact) mass is 218 g/mol. The minimum Gasteiger partial charge on any atom is -0.315 e. The fraction of sp³-hybridized carbons (Fsp3) is 0.571. The zero-order valence-electron chi connectivity index (χ0n) is 10.6. The van der Waals surface area contributed by atoms with Crippen molar-refractivity contribution in [3.05, 3.63) is 34.9 Å². The highest BCUT2D eigenvalue weighted by Crippen LogP contribution is 2.22. The summed E-state index contributed by atoms with van der Waals surface area (Å²) >= 11 is 0. The number of rotatable bonds is 1. The smallest absolute Gasteiger partial charge is 0.0104 e. The Morgan fingerprint density at radius 3 is 2.88 bits per heavy atom. The molecule has 0 bridgehead atoms. The Morgan fingerprint density at radius 1 is 1.31 bits per heavy atom. The van der Waals surface area contributed by atoms with E-state index in [1.165, 1.54) is 16.7 Å². The Morgan fingerprint density at radius 2 is 2.12 bits per heavy atom. The molecule has 1 aliphatic rings. The summed E-state index contributed by atoms with van der Waals surface area (Å²) in [6, 6.07) is 6.82. The van der Waals surface area contributed by atoms with Gasteiger partial charge in [-0.1, -0.05) is 23.8 Å². The standard InChI is InChI=1S/C14H22N2/c1-11-4-5-14(12(2)8-11)13-9-15-6-7-16(3)10-13/h4-5,8,13,15H,6-7,9-10H2,1-3H3. The van der Waals surface area contributed by atoms with E-state index < -0.39 is 0 Å². The summed E-state index contributed by atoms with van der Waals surface area (Å²) in [7, 11) is 2.21. The molecule has 1 unspecified atom stereocenters. The summed E-state index contributed by atoms with van der Waals surface area (Å²) in [5, 5.41) is 3.53. The third kappa shape index (κ3) is 2.63. The summed E-state index contributed by atoms with van der Waals surface area (Å²) in [6.45, 7) is 8.92. The topological polar surface area (TPSA) is 15.3 Å². The molecule has 2 rings (SSSR count). The third-order valence-electron chi connectivity index (χ3n) is 3.46. The predicted octanol–water partition coefficient (Wildman–Crippen LogP) is 1.92. The van der Waals surface area contributed by atoms with Crippen molar-refractivity contribution in [2.45, 2.75) is 19.8 Å². The average Bonchev–Trinajstić information content (AvgIpc) is 2.43. The minimum atomic E-state index is 0.632. The van der Waals surface area contributed by atoms with Crippen LogP contribution in [0.5, 0.6) is 0 Å². The molecule has 1 saturated heterocycles. The zero-order valence-corrected chi connectivity index (χ0v) is 10.6. The average molecular weight is 218 g/mol. The van der Waals surface area contributed by atoms with Gasteiger partial charge in [0.1, 0.15) is 0 Å². The zero-order chi connectivity index (χ0) is 11.5. The van der Waals surface area contributed by atoms with Crippen LogP contribution in [0.2, 0.25) is 0 Å². The fourth-order valence-electron chi connectivity index (χ4n) is 2.57. The fourth-order valence-corrected chi connectivity index (χ4v) is 2.57. The summed E-state index contributed by atoms with van der Waals surface area (Å²) in [5.41, 5.74) is 4.30. The molecular weight excluding hydrogens is 196 g/mol. The van der Waals surface area contributed by atoms with Gasteiger partial charge >= 0.3 is 0 Å². The van der Waals surface area contributed by atoms with Gasteiger partial charge in [0, 0.05) is 32.1 Å². The molecule has 88 valence electrons. The minimum absolute atomic E-state index is 0.632. The van der Waals surface area contributed by atoms with Crippen molar-refractivity contribution in [3.8, 4) is 0 Å². The van der Waals surface area contributed by atoms with Gasteiger partial charge in [-0.25, -0.2) is 0 Å². The lowest BCUT2D eigenvalue weighted by molar-refractivity contribution is 0.342. The first kappa shape index (κ1) is 11.6. The van der Waals surface area contributed by atoms with Gasteiger partial charge in [-0.15, -0.1) is 0 Å². The van der Waals surface area contributed by atoms with Gasteiger partial charge in [0.05, 0.1) is 0 Å². The van der Waals surface area contributed by atoms with Gasteiger partial charge in [-0.05, 0) is 32.0 Å². The van der Waals surface area contributed by atoms with Crippen LogP contribution in [-0.2, 0) is 0 Å². The maximum atomic E-state index is 3.53. The molecule has 0 aromatic heterocycles. The third-order valence-corrected chi connectivity index (χ3v) is 3.46. The Kier molecular flexibility index (Phi) is 3.62. The van der Waals surface area contributed by atoms with Crippen molar-refractivity contribution in [2.24, 2.45) is 0 Å². The predicted molar refractivity (Wildman–Crippen MR) is 69.0 cm³/mol. The van der Waals surface area contributed by atoms with Crippen LogP contribution < -0.4 is 5.32 Å². The second-order valence-electron chi connectivity index (χ2n) is 5.02. The molecule has 1 fully saturated rings. The van der Waals surface area contributed by atoms with Crippen molar-refractivity contribution in [1.29, 1.82) is 0 Å². The largest absolute Gasteiger partial charge is 0.315 e. The molecule has 1 aromatic carbocycles. The van der Waals surface area contributed by atoms with Crippen LogP contribution >= 0.6 is 0 Å². The quantitative estimate of drug-likeness (QED) is 0.775. The molecule has 1 atom stereocenters. The van der Waals surface area contributed by atoms with Crippen molar-refractivity contribution < 1.29 is 0 Å². The lowest BCUT2D eigenvalue weighted by Gasteiger charge is -2.21. The van der Waals surface area contributed by atoms with Gasteiger partial charge in [-0.2, -0.15) is 0 Å². The molecule has 1 N–H and O–H groups in total. The molecular formula is C14H22N2. The summed E-state index contributed by atoms with van der Waals surface area (Å²) < 4.78 is 0. The van der Waals surface area contributed by atoms with Gasteiger partial charge < -0.3 is 10.2 Å². The maximum Gasteiger partial charge on any atom is 0.0104 e. The maximum absolute atomic E-state index is 3.53. The molecule has 0 aliphatic carbocycles. The number of nitrogens with zero attached hydrogens (tertiary/aromatic N) is 1. The Hall–Kier alpha value is -0.860. The van der Waals surface area contributed by atoms with Crippen molar-refractivity contribution in [1.82, 2.24) is 10.2 Å². The molecule has 0 saturated carbocycles. The van der Waals surface area contributed by atoms with Crippen LogP contribution in [0.3, 0.4) is 0 Å². The number of benzene rings is 1. The lowest BCUT2D eigenvalue weighted by Crippen LogP contribution is -2.25. The molecule has 2 nitrogen and oxygen atoms in total. The van der Waals surface area contributed by atoms with E-state index in [1.807, 2.05) is 0 Å². The SMILES string of the molecule is Cc1ccc(C2CNCCN(C)C2)c(C)c1. The highest BCUT2D eigenvalue weighted by molar-refractivity contribution is 5.33. The van der Waals surface area contributed by atoms with Gasteiger partial charge in [0.25, 0.3) is 0 Å². The van der Waals surface area contributed by atoms with Crippen LogP contribution in [0.25, 0.3) is 0 Å². The van der Waals surface area contributed by atoms with Crippen molar-refractivity contribution >= 4 is 0 Å². The Bertz CT molecular complexity index is 360. The van der Waals surface area contributed by atoms with E-state index in [0.717, 1.165) is 26.2 Å². The normalized spacial score (nSPS) is 23.1. The van der Waals surface area contributed by atoms with E-state index in [4.69, 9.17) is 0 Å². The lowest BCUT2D eigenvalue weighted by atomic mass is 9.93. The highest BCUT2D eigenvalue weighted by Gasteiger charge is 2.18. The van der Waals surface area contributed by atoms with Crippen LogP contribution in [0.1, 0.15) is 22.6 Å². The summed E-state index contributed by atoms with van der Waals surface area (Å²) in [6.07, 6.45) is 0. The molecule has 1 aromatic rings. The van der Waals surface area contributed by atoms with E-state index in [1.54, 1.807) is 0 Å². The summed E-state index contributed by atoms with van der Waals surface area (Å²) in [5.74, 6) is 0.632. The van der Waals surface area contributed by atoms with E-state index in [9.17, 15) is 0 Å². The van der Waals surface area contributed by atoms with E-state index in [-0.39, 0.29) is 0 Å². The van der Waals surface area contributed by atoms with Crippen molar-refractivity contribution in [3.63, 3.8) is 0 Å². The number of hydrogen-bond acceptors (Lipinski definition) is 2. The number of hydrogen-bond donors (Lipinski definition) is 1. The number of aryl methyl sites for hydroxylation is 2. The van der Waals surface area contributed by atoms with Crippen LogP contribution in [0.4, 0.5) is 0 Å². The van der Waals surface area contributed by atoms with Crippen molar-refractivity contribution in [2.75, 3.05) is 33.2 Å². The Balaban J connectivity index is 2.21. The molecule has 16 heavy (non-hydrogen) atoms. The first-order valence-electron chi connectivity index (χ1n) is 6.13. The molecule has 0 spiro atoms. The van der Waals surface area contributed by atoms with E-state index in [2.05, 4.69) is 49.3 Å². The number of likely N-dealkylation sites (N-methyl/N-ethyl adjacent to an activating group) is 1. The molecule has 1 aliphatic heterocycles. The first-order chi connectivity index (χ1) is 7.66.